The molecule has 1 aromatic heterocycles. The van der Waals surface area contributed by atoms with Crippen LogP contribution in [0.25, 0.3) is 5.69 Å². The van der Waals surface area contributed by atoms with Gasteiger partial charge in [-0.05, 0) is 30.3 Å². The van der Waals surface area contributed by atoms with E-state index in [1.807, 2.05) is 12.3 Å². The van der Waals surface area contributed by atoms with Gasteiger partial charge in [0.25, 0.3) is 0 Å². The van der Waals surface area contributed by atoms with Gasteiger partial charge in [0.1, 0.15) is 5.82 Å². The smallest absolute Gasteiger partial charge is 0.188 e. The van der Waals surface area contributed by atoms with Crippen LogP contribution in [0, 0.1) is 5.82 Å². The molecule has 118 valence electrons. The maximum atomic E-state index is 12.9. The zero-order valence-corrected chi connectivity index (χ0v) is 14.4. The highest BCUT2D eigenvalue weighted by Gasteiger charge is 2.01. The normalized spacial score (nSPS) is 10.9. The van der Waals surface area contributed by atoms with Gasteiger partial charge in [0.05, 0.1) is 11.4 Å². The van der Waals surface area contributed by atoms with Gasteiger partial charge in [0, 0.05) is 25.7 Å². The summed E-state index contributed by atoms with van der Waals surface area (Å²) in [5.74, 6) is 0.135. The molecule has 0 unspecified atom stereocenters. The van der Waals surface area contributed by atoms with E-state index in [-0.39, 0.29) is 29.8 Å². The average Bonchev–Trinajstić information content (AvgIpc) is 2.95. The van der Waals surface area contributed by atoms with Gasteiger partial charge in [-0.2, -0.15) is 5.10 Å². The van der Waals surface area contributed by atoms with Gasteiger partial charge in [-0.1, -0.05) is 6.08 Å². The fraction of sp³-hybridized carbons (Fsp3) is 0.200. The molecule has 1 aromatic carbocycles. The third kappa shape index (κ3) is 5.47. The molecule has 0 saturated heterocycles. The Morgan fingerprint density at radius 1 is 1.36 bits per heavy atom. The van der Waals surface area contributed by atoms with Crippen molar-refractivity contribution in [2.75, 3.05) is 13.1 Å². The molecule has 2 rings (SSSR count). The zero-order chi connectivity index (χ0) is 15.1. The van der Waals surface area contributed by atoms with Crippen molar-refractivity contribution in [3.8, 4) is 5.69 Å². The summed E-state index contributed by atoms with van der Waals surface area (Å²) < 4.78 is 14.6. The van der Waals surface area contributed by atoms with Crippen molar-refractivity contribution in [3.05, 3.63) is 60.7 Å². The van der Waals surface area contributed by atoms with Crippen LogP contribution >= 0.6 is 24.0 Å². The summed E-state index contributed by atoms with van der Waals surface area (Å²) in [6.07, 6.45) is 4.24. The van der Waals surface area contributed by atoms with E-state index in [1.165, 1.54) is 12.1 Å². The highest BCUT2D eigenvalue weighted by Crippen LogP contribution is 2.09. The van der Waals surface area contributed by atoms with Gasteiger partial charge in [-0.3, -0.25) is 4.99 Å². The van der Waals surface area contributed by atoms with Crippen molar-refractivity contribution in [2.45, 2.75) is 6.42 Å². The second-order valence-corrected chi connectivity index (χ2v) is 4.41. The first kappa shape index (κ1) is 18.1. The molecule has 5 nitrogen and oxygen atoms in total. The number of halogens is 2. The quantitative estimate of drug-likeness (QED) is 0.329. The highest BCUT2D eigenvalue weighted by molar-refractivity contribution is 14.0. The van der Waals surface area contributed by atoms with Crippen LogP contribution in [0.2, 0.25) is 0 Å². The summed E-state index contributed by atoms with van der Waals surface area (Å²) in [7, 11) is 0. The van der Waals surface area contributed by atoms with Crippen LogP contribution in [-0.2, 0) is 6.42 Å². The fourth-order valence-corrected chi connectivity index (χ4v) is 1.76. The lowest BCUT2D eigenvalue weighted by Gasteiger charge is -2.02. The maximum Gasteiger partial charge on any atom is 0.188 e. The Hall–Kier alpha value is -1.90. The number of guanidine groups is 1. The van der Waals surface area contributed by atoms with Crippen molar-refractivity contribution >= 4 is 29.9 Å². The number of rotatable bonds is 6. The van der Waals surface area contributed by atoms with E-state index >= 15 is 0 Å². The topological polar surface area (TPSA) is 68.2 Å². The van der Waals surface area contributed by atoms with Gasteiger partial charge in [0.2, 0.25) is 0 Å². The van der Waals surface area contributed by atoms with E-state index in [4.69, 9.17) is 5.73 Å². The second-order valence-electron chi connectivity index (χ2n) is 4.41. The van der Waals surface area contributed by atoms with Gasteiger partial charge in [-0.25, -0.2) is 9.07 Å². The van der Waals surface area contributed by atoms with Gasteiger partial charge in [0.15, 0.2) is 5.96 Å². The van der Waals surface area contributed by atoms with Crippen molar-refractivity contribution < 1.29 is 4.39 Å². The molecule has 0 saturated carbocycles. The van der Waals surface area contributed by atoms with Gasteiger partial charge < -0.3 is 11.1 Å². The Kier molecular flexibility index (Phi) is 7.58. The zero-order valence-electron chi connectivity index (χ0n) is 12.1. The largest absolute Gasteiger partial charge is 0.370 e. The number of nitrogens with two attached hydrogens (primary N) is 1. The van der Waals surface area contributed by atoms with Crippen LogP contribution in [0.1, 0.15) is 5.69 Å². The lowest BCUT2D eigenvalue weighted by atomic mass is 10.3. The Morgan fingerprint density at radius 3 is 2.77 bits per heavy atom. The molecular formula is C15H19FIN5. The molecule has 0 aliphatic rings. The first-order valence-electron chi connectivity index (χ1n) is 6.64. The number of benzene rings is 1. The highest BCUT2D eigenvalue weighted by atomic mass is 127. The minimum atomic E-state index is -0.261. The monoisotopic (exact) mass is 415 g/mol. The predicted molar refractivity (Wildman–Crippen MR) is 97.3 cm³/mol. The van der Waals surface area contributed by atoms with E-state index in [0.717, 1.165) is 11.4 Å². The first-order chi connectivity index (χ1) is 10.2. The Bertz CT molecular complexity index is 621. The molecule has 1 heterocycles. The molecule has 0 spiro atoms. The molecule has 0 radical (unpaired) electrons. The van der Waals surface area contributed by atoms with Crippen molar-refractivity contribution in [3.63, 3.8) is 0 Å². The number of nitrogens with zero attached hydrogens (tertiary/aromatic N) is 3. The number of aromatic nitrogens is 2. The lowest BCUT2D eigenvalue weighted by Crippen LogP contribution is -2.31. The van der Waals surface area contributed by atoms with Crippen LogP contribution in [0.3, 0.4) is 0 Å². The average molecular weight is 415 g/mol. The molecule has 3 N–H and O–H groups in total. The minimum Gasteiger partial charge on any atom is -0.370 e. The molecule has 0 aliphatic heterocycles. The first-order valence-corrected chi connectivity index (χ1v) is 6.64. The summed E-state index contributed by atoms with van der Waals surface area (Å²) in [5, 5.41) is 7.32. The number of hydrogen-bond acceptors (Lipinski definition) is 2. The van der Waals surface area contributed by atoms with Crippen LogP contribution in [0.5, 0.6) is 0 Å². The van der Waals surface area contributed by atoms with E-state index in [0.29, 0.717) is 25.5 Å². The third-order valence-electron chi connectivity index (χ3n) is 2.81. The van der Waals surface area contributed by atoms with Crippen LogP contribution in [0.15, 0.2) is 54.2 Å². The molecular weight excluding hydrogens is 396 g/mol. The molecule has 2 aromatic rings. The Morgan fingerprint density at radius 2 is 2.09 bits per heavy atom. The van der Waals surface area contributed by atoms with E-state index in [9.17, 15) is 4.39 Å². The fourth-order valence-electron chi connectivity index (χ4n) is 1.76. The Labute approximate surface area is 146 Å². The van der Waals surface area contributed by atoms with Crippen LogP contribution in [0.4, 0.5) is 4.39 Å². The Balaban J connectivity index is 0.00000242. The van der Waals surface area contributed by atoms with Gasteiger partial charge >= 0.3 is 0 Å². The molecule has 0 fully saturated rings. The SMILES string of the molecule is C=CCNC(N)=NCCc1ccn(-c2ccc(F)cc2)n1.I. The van der Waals surface area contributed by atoms with Gasteiger partial charge in [-0.15, -0.1) is 30.6 Å². The summed E-state index contributed by atoms with van der Waals surface area (Å²) in [4.78, 5) is 4.19. The lowest BCUT2D eigenvalue weighted by molar-refractivity contribution is 0.627. The third-order valence-corrected chi connectivity index (χ3v) is 2.81. The number of aliphatic imine (C=N–C) groups is 1. The standard InChI is InChI=1S/C15H18FN5.HI/c1-2-9-18-15(17)19-10-7-13-8-11-21(20-13)14-5-3-12(16)4-6-14;/h2-6,8,11H,1,7,9-10H2,(H3,17,18,19);1H. The molecule has 7 heteroatoms. The molecule has 0 aliphatic carbocycles. The van der Waals surface area contributed by atoms with Crippen molar-refractivity contribution in [2.24, 2.45) is 10.7 Å². The number of hydrogen-bond donors (Lipinski definition) is 2. The van der Waals surface area contributed by atoms with E-state index < -0.39 is 0 Å². The second kappa shape index (κ2) is 9.19. The number of nitrogens with one attached hydrogen (secondary N) is 1. The summed E-state index contributed by atoms with van der Waals surface area (Å²) in [5.41, 5.74) is 7.38. The predicted octanol–water partition coefficient (Wildman–Crippen LogP) is 2.26. The van der Waals surface area contributed by atoms with Crippen LogP contribution < -0.4 is 11.1 Å². The molecule has 0 amide bonds. The van der Waals surface area contributed by atoms with Crippen molar-refractivity contribution in [1.82, 2.24) is 15.1 Å². The van der Waals surface area contributed by atoms with Crippen LogP contribution in [-0.4, -0.2) is 28.8 Å². The van der Waals surface area contributed by atoms with E-state index in [1.54, 1.807) is 22.9 Å². The van der Waals surface area contributed by atoms with E-state index in [2.05, 4.69) is 22.0 Å². The minimum absolute atomic E-state index is 0. The molecule has 0 atom stereocenters. The summed E-state index contributed by atoms with van der Waals surface area (Å²) in [6, 6.07) is 8.09. The molecule has 0 bridgehead atoms. The summed E-state index contributed by atoms with van der Waals surface area (Å²) >= 11 is 0. The summed E-state index contributed by atoms with van der Waals surface area (Å²) in [6.45, 7) is 4.73. The molecule has 22 heavy (non-hydrogen) atoms. The van der Waals surface area contributed by atoms with Crippen molar-refractivity contribution in [1.29, 1.82) is 0 Å². The maximum absolute atomic E-state index is 12.9.